The van der Waals surface area contributed by atoms with Crippen molar-refractivity contribution < 1.29 is 19.1 Å². The summed E-state index contributed by atoms with van der Waals surface area (Å²) in [7, 11) is 0. The third-order valence-electron chi connectivity index (χ3n) is 4.16. The number of rotatable bonds is 7. The SMILES string of the molecule is CCOCCn1c(=NC(=O)c2ccccc2Cl)sc2cc(C(=O)OCC)ccc21. The quantitative estimate of drug-likeness (QED) is 0.412. The first-order valence-electron chi connectivity index (χ1n) is 9.27. The normalized spacial score (nSPS) is 11.8. The molecule has 0 N–H and O–H groups in total. The van der Waals surface area contributed by atoms with Crippen LogP contribution in [0.2, 0.25) is 5.02 Å². The maximum atomic E-state index is 12.7. The zero-order valence-corrected chi connectivity index (χ0v) is 17.8. The highest BCUT2D eigenvalue weighted by molar-refractivity contribution is 7.16. The summed E-state index contributed by atoms with van der Waals surface area (Å²) >= 11 is 7.47. The van der Waals surface area contributed by atoms with E-state index < -0.39 is 5.91 Å². The highest BCUT2D eigenvalue weighted by Crippen LogP contribution is 2.21. The molecule has 152 valence electrons. The van der Waals surface area contributed by atoms with E-state index >= 15 is 0 Å². The Morgan fingerprint density at radius 1 is 1.14 bits per heavy atom. The second kappa shape index (κ2) is 9.82. The number of carbonyl (C=O) groups excluding carboxylic acids is 2. The van der Waals surface area contributed by atoms with E-state index in [1.165, 1.54) is 11.3 Å². The minimum absolute atomic E-state index is 0.308. The third-order valence-corrected chi connectivity index (χ3v) is 5.53. The molecule has 3 aromatic rings. The van der Waals surface area contributed by atoms with Gasteiger partial charge in [-0.1, -0.05) is 35.1 Å². The van der Waals surface area contributed by atoms with E-state index in [9.17, 15) is 9.59 Å². The molecule has 1 aromatic heterocycles. The van der Waals surface area contributed by atoms with E-state index in [0.29, 0.717) is 47.3 Å². The molecule has 0 bridgehead atoms. The Balaban J connectivity index is 2.08. The Hall–Kier alpha value is -2.48. The Morgan fingerprint density at radius 2 is 1.93 bits per heavy atom. The Labute approximate surface area is 177 Å². The van der Waals surface area contributed by atoms with Crippen LogP contribution in [0.3, 0.4) is 0 Å². The van der Waals surface area contributed by atoms with Gasteiger partial charge >= 0.3 is 5.97 Å². The largest absolute Gasteiger partial charge is 0.462 e. The zero-order valence-electron chi connectivity index (χ0n) is 16.2. The molecule has 2 aromatic carbocycles. The van der Waals surface area contributed by atoms with Crippen LogP contribution in [0.1, 0.15) is 34.6 Å². The average Bonchev–Trinajstić information content (AvgIpc) is 3.05. The zero-order chi connectivity index (χ0) is 20.8. The first-order chi connectivity index (χ1) is 14.0. The van der Waals surface area contributed by atoms with E-state index in [1.807, 2.05) is 17.6 Å². The van der Waals surface area contributed by atoms with Crippen LogP contribution in [0.4, 0.5) is 0 Å². The van der Waals surface area contributed by atoms with Crippen LogP contribution in [0.5, 0.6) is 0 Å². The van der Waals surface area contributed by atoms with Gasteiger partial charge in [0.25, 0.3) is 5.91 Å². The van der Waals surface area contributed by atoms with Crippen LogP contribution >= 0.6 is 22.9 Å². The Bertz CT molecular complexity index is 1100. The van der Waals surface area contributed by atoms with Gasteiger partial charge in [0, 0.05) is 13.2 Å². The minimum Gasteiger partial charge on any atom is -0.462 e. The van der Waals surface area contributed by atoms with Crippen molar-refractivity contribution in [3.8, 4) is 0 Å². The lowest BCUT2D eigenvalue weighted by molar-refractivity contribution is 0.0526. The van der Waals surface area contributed by atoms with Crippen LogP contribution in [0, 0.1) is 0 Å². The van der Waals surface area contributed by atoms with E-state index in [0.717, 1.165) is 10.2 Å². The predicted octanol–water partition coefficient (Wildman–Crippen LogP) is 4.31. The van der Waals surface area contributed by atoms with Crippen LogP contribution in [-0.2, 0) is 16.0 Å². The molecule has 0 unspecified atom stereocenters. The Kier molecular flexibility index (Phi) is 7.19. The molecule has 29 heavy (non-hydrogen) atoms. The number of hydrogen-bond donors (Lipinski definition) is 0. The molecule has 0 aliphatic carbocycles. The molecule has 6 nitrogen and oxygen atoms in total. The summed E-state index contributed by atoms with van der Waals surface area (Å²) in [6, 6.07) is 12.1. The number of fused-ring (bicyclic) bond motifs is 1. The average molecular weight is 433 g/mol. The highest BCUT2D eigenvalue weighted by atomic mass is 35.5. The van der Waals surface area contributed by atoms with Gasteiger partial charge in [0.1, 0.15) is 0 Å². The van der Waals surface area contributed by atoms with Crippen LogP contribution in [-0.4, -0.2) is 36.3 Å². The minimum atomic E-state index is -0.419. The number of carbonyl (C=O) groups is 2. The van der Waals surface area contributed by atoms with Gasteiger partial charge < -0.3 is 14.0 Å². The number of halogens is 1. The van der Waals surface area contributed by atoms with Crippen molar-refractivity contribution in [2.24, 2.45) is 4.99 Å². The first-order valence-corrected chi connectivity index (χ1v) is 10.5. The maximum absolute atomic E-state index is 12.7. The monoisotopic (exact) mass is 432 g/mol. The van der Waals surface area contributed by atoms with Crippen molar-refractivity contribution in [3.05, 3.63) is 63.4 Å². The molecule has 0 saturated carbocycles. The fraction of sp³-hybridized carbons (Fsp3) is 0.286. The van der Waals surface area contributed by atoms with Crippen molar-refractivity contribution >= 4 is 45.0 Å². The number of nitrogens with zero attached hydrogens (tertiary/aromatic N) is 2. The summed E-state index contributed by atoms with van der Waals surface area (Å²) in [5.41, 5.74) is 1.67. The van der Waals surface area contributed by atoms with Crippen molar-refractivity contribution in [1.29, 1.82) is 0 Å². The lowest BCUT2D eigenvalue weighted by atomic mass is 10.2. The number of benzene rings is 2. The summed E-state index contributed by atoms with van der Waals surface area (Å²) in [5.74, 6) is -0.799. The van der Waals surface area contributed by atoms with Gasteiger partial charge in [-0.2, -0.15) is 4.99 Å². The molecule has 0 aliphatic rings. The molecule has 0 saturated heterocycles. The number of aromatic nitrogens is 1. The second-order valence-electron chi connectivity index (χ2n) is 6.03. The topological polar surface area (TPSA) is 69.9 Å². The summed E-state index contributed by atoms with van der Waals surface area (Å²) in [6.07, 6.45) is 0. The summed E-state index contributed by atoms with van der Waals surface area (Å²) in [6.45, 7) is 5.61. The van der Waals surface area contributed by atoms with Gasteiger partial charge in [0.05, 0.1) is 39.6 Å². The number of thiazole rings is 1. The van der Waals surface area contributed by atoms with E-state index in [2.05, 4.69) is 4.99 Å². The van der Waals surface area contributed by atoms with Crippen molar-refractivity contribution in [3.63, 3.8) is 0 Å². The second-order valence-corrected chi connectivity index (χ2v) is 7.45. The lowest BCUT2D eigenvalue weighted by Crippen LogP contribution is -2.19. The van der Waals surface area contributed by atoms with Crippen molar-refractivity contribution in [1.82, 2.24) is 4.57 Å². The van der Waals surface area contributed by atoms with Gasteiger partial charge in [-0.05, 0) is 44.2 Å². The van der Waals surface area contributed by atoms with E-state index in [4.69, 9.17) is 21.1 Å². The van der Waals surface area contributed by atoms with Gasteiger partial charge in [0.15, 0.2) is 4.80 Å². The Morgan fingerprint density at radius 3 is 2.66 bits per heavy atom. The molecule has 1 amide bonds. The molecule has 0 aliphatic heterocycles. The number of ether oxygens (including phenoxy) is 2. The van der Waals surface area contributed by atoms with Gasteiger partial charge in [-0.3, -0.25) is 4.79 Å². The highest BCUT2D eigenvalue weighted by Gasteiger charge is 2.14. The number of amides is 1. The standard InChI is InChI=1S/C21H21ClN2O4S/c1-3-27-12-11-24-17-10-9-14(20(26)28-4-2)13-18(17)29-21(24)23-19(25)15-7-5-6-8-16(15)22/h5-10,13H,3-4,11-12H2,1-2H3. The predicted molar refractivity (Wildman–Crippen MR) is 114 cm³/mol. The fourth-order valence-electron chi connectivity index (χ4n) is 2.80. The van der Waals surface area contributed by atoms with Crippen LogP contribution in [0.25, 0.3) is 10.2 Å². The van der Waals surface area contributed by atoms with Gasteiger partial charge in [-0.15, -0.1) is 0 Å². The van der Waals surface area contributed by atoms with Crippen molar-refractivity contribution in [2.45, 2.75) is 20.4 Å². The summed E-state index contributed by atoms with van der Waals surface area (Å²) in [5, 5.41) is 0.354. The maximum Gasteiger partial charge on any atom is 0.338 e. The van der Waals surface area contributed by atoms with Crippen LogP contribution < -0.4 is 4.80 Å². The molecule has 0 spiro atoms. The molecule has 8 heteroatoms. The molecular weight excluding hydrogens is 412 g/mol. The number of esters is 1. The van der Waals surface area contributed by atoms with E-state index in [1.54, 1.807) is 43.3 Å². The first kappa shape index (κ1) is 21.2. The van der Waals surface area contributed by atoms with Gasteiger partial charge in [0.2, 0.25) is 0 Å². The molecule has 1 heterocycles. The van der Waals surface area contributed by atoms with E-state index in [-0.39, 0.29) is 5.97 Å². The molecule has 0 atom stereocenters. The molecular formula is C21H21ClN2O4S. The fourth-order valence-corrected chi connectivity index (χ4v) is 4.11. The lowest BCUT2D eigenvalue weighted by Gasteiger charge is -2.06. The van der Waals surface area contributed by atoms with Crippen LogP contribution in [0.15, 0.2) is 47.5 Å². The smallest absolute Gasteiger partial charge is 0.338 e. The molecule has 3 rings (SSSR count). The molecule has 0 fully saturated rings. The number of hydrogen-bond acceptors (Lipinski definition) is 5. The van der Waals surface area contributed by atoms with Gasteiger partial charge in [-0.25, -0.2) is 4.79 Å². The summed E-state index contributed by atoms with van der Waals surface area (Å²) in [4.78, 5) is 29.6. The third kappa shape index (κ3) is 4.93. The summed E-state index contributed by atoms with van der Waals surface area (Å²) < 4.78 is 13.3. The molecule has 0 radical (unpaired) electrons. The van der Waals surface area contributed by atoms with Crippen molar-refractivity contribution in [2.75, 3.05) is 19.8 Å².